The first kappa shape index (κ1) is 22.3. The van der Waals surface area contributed by atoms with E-state index in [0.717, 1.165) is 28.5 Å². The molecule has 166 valence electrons. The molecule has 0 bridgehead atoms. The molecular formula is C25H29N5OS. The second kappa shape index (κ2) is 11.1. The lowest BCUT2D eigenvalue weighted by Gasteiger charge is -2.15. The van der Waals surface area contributed by atoms with Crippen LogP contribution in [0, 0.1) is 0 Å². The Bertz CT molecular complexity index is 1050. The van der Waals surface area contributed by atoms with Gasteiger partial charge in [0, 0.05) is 24.5 Å². The van der Waals surface area contributed by atoms with Crippen molar-refractivity contribution in [2.24, 2.45) is 0 Å². The zero-order valence-corrected chi connectivity index (χ0v) is 19.2. The summed E-state index contributed by atoms with van der Waals surface area (Å²) in [7, 11) is 0. The van der Waals surface area contributed by atoms with Crippen LogP contribution in [0.4, 0.5) is 0 Å². The van der Waals surface area contributed by atoms with Gasteiger partial charge in [-0.15, -0.1) is 10.2 Å². The minimum atomic E-state index is -0.268. The summed E-state index contributed by atoms with van der Waals surface area (Å²) in [6.07, 6.45) is 11.7. The predicted molar refractivity (Wildman–Crippen MR) is 128 cm³/mol. The highest BCUT2D eigenvalue weighted by Gasteiger charge is 2.21. The molecule has 0 unspecified atom stereocenters. The summed E-state index contributed by atoms with van der Waals surface area (Å²) in [5, 5.41) is 12.4. The maximum absolute atomic E-state index is 12.7. The van der Waals surface area contributed by atoms with Crippen LogP contribution in [0.25, 0.3) is 11.4 Å². The molecule has 2 aromatic heterocycles. The van der Waals surface area contributed by atoms with Gasteiger partial charge in [-0.05, 0) is 56.7 Å². The number of nitrogens with zero attached hydrogens (tertiary/aromatic N) is 4. The fourth-order valence-corrected chi connectivity index (χ4v) is 4.70. The van der Waals surface area contributed by atoms with Gasteiger partial charge in [0.15, 0.2) is 11.0 Å². The van der Waals surface area contributed by atoms with E-state index in [-0.39, 0.29) is 11.2 Å². The second-order valence-electron chi connectivity index (χ2n) is 8.03. The zero-order chi connectivity index (χ0) is 22.2. The molecule has 1 N–H and O–H groups in total. The quantitative estimate of drug-likeness (QED) is 0.374. The first-order valence-electron chi connectivity index (χ1n) is 11.2. The maximum Gasteiger partial charge on any atom is 0.233 e. The molecule has 0 fully saturated rings. The Kier molecular flexibility index (Phi) is 7.72. The average Bonchev–Trinajstić information content (AvgIpc) is 3.22. The Morgan fingerprint density at radius 1 is 1.16 bits per heavy atom. The Balaban J connectivity index is 1.45. The lowest BCUT2D eigenvalue weighted by atomic mass is 9.97. The van der Waals surface area contributed by atoms with Crippen LogP contribution < -0.4 is 5.32 Å². The van der Waals surface area contributed by atoms with Crippen molar-refractivity contribution < 1.29 is 4.79 Å². The van der Waals surface area contributed by atoms with Crippen LogP contribution in [0.5, 0.6) is 0 Å². The van der Waals surface area contributed by atoms with E-state index in [0.29, 0.717) is 13.1 Å². The standard InChI is InChI=1S/C25H29N5OS/c1-19(24(31)27-16-14-20-9-4-2-5-10-20)32-25-29-28-23(22-13-8-15-26-17-22)30(25)18-21-11-6-3-7-12-21/h3,6-9,11-13,15,17,19H,2,4-5,10,14,16,18H2,1H3,(H,27,31)/t19-/m0/s1. The minimum absolute atomic E-state index is 0.0311. The van der Waals surface area contributed by atoms with E-state index in [1.165, 1.54) is 43.0 Å². The molecule has 1 aliphatic rings. The maximum atomic E-state index is 12.7. The van der Waals surface area contributed by atoms with Crippen molar-refractivity contribution in [2.75, 3.05) is 6.54 Å². The molecule has 0 saturated carbocycles. The van der Waals surface area contributed by atoms with Gasteiger partial charge < -0.3 is 5.32 Å². The van der Waals surface area contributed by atoms with Crippen LogP contribution in [-0.4, -0.2) is 37.5 Å². The molecule has 2 heterocycles. The molecule has 6 nitrogen and oxygen atoms in total. The van der Waals surface area contributed by atoms with Gasteiger partial charge in [0.25, 0.3) is 0 Å². The summed E-state index contributed by atoms with van der Waals surface area (Å²) < 4.78 is 2.06. The van der Waals surface area contributed by atoms with E-state index in [2.05, 4.69) is 43.3 Å². The predicted octanol–water partition coefficient (Wildman–Crippen LogP) is 4.88. The summed E-state index contributed by atoms with van der Waals surface area (Å²) in [4.78, 5) is 16.9. The number of hydrogen-bond donors (Lipinski definition) is 1. The van der Waals surface area contributed by atoms with Crippen LogP contribution in [0.15, 0.2) is 71.7 Å². The van der Waals surface area contributed by atoms with Gasteiger partial charge in [-0.2, -0.15) is 0 Å². The molecule has 1 atom stereocenters. The van der Waals surface area contributed by atoms with Gasteiger partial charge in [0.2, 0.25) is 5.91 Å². The van der Waals surface area contributed by atoms with Crippen molar-refractivity contribution in [3.8, 4) is 11.4 Å². The highest BCUT2D eigenvalue weighted by Crippen LogP contribution is 2.27. The number of benzene rings is 1. The third kappa shape index (κ3) is 5.85. The number of allylic oxidation sites excluding steroid dienone is 1. The molecular weight excluding hydrogens is 418 g/mol. The van der Waals surface area contributed by atoms with Gasteiger partial charge in [-0.3, -0.25) is 14.3 Å². The molecule has 32 heavy (non-hydrogen) atoms. The second-order valence-corrected chi connectivity index (χ2v) is 9.34. The number of carbonyl (C=O) groups excluding carboxylic acids is 1. The first-order valence-corrected chi connectivity index (χ1v) is 12.1. The van der Waals surface area contributed by atoms with E-state index in [9.17, 15) is 4.79 Å². The Morgan fingerprint density at radius 3 is 2.78 bits per heavy atom. The van der Waals surface area contributed by atoms with Crippen LogP contribution in [-0.2, 0) is 11.3 Å². The SMILES string of the molecule is C[C@H](Sc1nnc(-c2cccnc2)n1Cc1ccccc1)C(=O)NCCC1=CCCCC1. The number of hydrogen-bond acceptors (Lipinski definition) is 5. The molecule has 4 rings (SSSR count). The summed E-state index contributed by atoms with van der Waals surface area (Å²) in [6, 6.07) is 14.1. The van der Waals surface area contributed by atoms with Crippen molar-refractivity contribution in [3.63, 3.8) is 0 Å². The van der Waals surface area contributed by atoms with Crippen molar-refractivity contribution in [2.45, 2.75) is 56.0 Å². The summed E-state index contributed by atoms with van der Waals surface area (Å²) >= 11 is 1.44. The van der Waals surface area contributed by atoms with Gasteiger partial charge in [0.05, 0.1) is 11.8 Å². The molecule has 1 amide bonds. The smallest absolute Gasteiger partial charge is 0.233 e. The van der Waals surface area contributed by atoms with E-state index in [4.69, 9.17) is 0 Å². The van der Waals surface area contributed by atoms with Crippen LogP contribution >= 0.6 is 11.8 Å². The third-order valence-electron chi connectivity index (χ3n) is 5.60. The Morgan fingerprint density at radius 2 is 2.03 bits per heavy atom. The molecule has 0 radical (unpaired) electrons. The topological polar surface area (TPSA) is 72.7 Å². The average molecular weight is 448 g/mol. The Hall–Kier alpha value is -2.93. The number of aromatic nitrogens is 4. The molecule has 0 spiro atoms. The number of carbonyl (C=O) groups is 1. The largest absolute Gasteiger partial charge is 0.355 e. The fourth-order valence-electron chi connectivity index (χ4n) is 3.83. The lowest BCUT2D eigenvalue weighted by molar-refractivity contribution is -0.120. The Labute approximate surface area is 193 Å². The lowest BCUT2D eigenvalue weighted by Crippen LogP contribution is -2.32. The van der Waals surface area contributed by atoms with Gasteiger partial charge in [0.1, 0.15) is 0 Å². The van der Waals surface area contributed by atoms with Gasteiger partial charge >= 0.3 is 0 Å². The number of thioether (sulfide) groups is 1. The summed E-state index contributed by atoms with van der Waals surface area (Å²) in [5.41, 5.74) is 3.53. The normalized spacial score (nSPS) is 14.6. The number of pyridine rings is 1. The summed E-state index contributed by atoms with van der Waals surface area (Å²) in [6.45, 7) is 3.24. The zero-order valence-electron chi connectivity index (χ0n) is 18.4. The van der Waals surface area contributed by atoms with Gasteiger partial charge in [-0.25, -0.2) is 0 Å². The van der Waals surface area contributed by atoms with Crippen LogP contribution in [0.1, 0.15) is 44.6 Å². The number of rotatable bonds is 9. The molecule has 0 saturated heterocycles. The molecule has 7 heteroatoms. The molecule has 3 aromatic rings. The van der Waals surface area contributed by atoms with E-state index in [1.807, 2.05) is 37.3 Å². The number of amides is 1. The molecule has 1 aromatic carbocycles. The molecule has 0 aliphatic heterocycles. The van der Waals surface area contributed by atoms with E-state index in [1.54, 1.807) is 12.4 Å². The van der Waals surface area contributed by atoms with Crippen molar-refractivity contribution in [3.05, 3.63) is 72.1 Å². The van der Waals surface area contributed by atoms with Crippen molar-refractivity contribution in [1.82, 2.24) is 25.1 Å². The third-order valence-corrected chi connectivity index (χ3v) is 6.68. The monoisotopic (exact) mass is 447 g/mol. The fraction of sp³-hybridized carbons (Fsp3) is 0.360. The first-order chi connectivity index (χ1) is 15.7. The van der Waals surface area contributed by atoms with Crippen molar-refractivity contribution >= 4 is 17.7 Å². The highest BCUT2D eigenvalue weighted by molar-refractivity contribution is 8.00. The van der Waals surface area contributed by atoms with Crippen molar-refractivity contribution in [1.29, 1.82) is 0 Å². The van der Waals surface area contributed by atoms with E-state index < -0.39 is 0 Å². The number of nitrogens with one attached hydrogen (secondary N) is 1. The highest BCUT2D eigenvalue weighted by atomic mass is 32.2. The van der Waals surface area contributed by atoms with Crippen LogP contribution in [0.3, 0.4) is 0 Å². The molecule has 1 aliphatic carbocycles. The van der Waals surface area contributed by atoms with E-state index >= 15 is 0 Å². The van der Waals surface area contributed by atoms with Gasteiger partial charge in [-0.1, -0.05) is 53.7 Å². The van der Waals surface area contributed by atoms with Crippen LogP contribution in [0.2, 0.25) is 0 Å². The minimum Gasteiger partial charge on any atom is -0.355 e. The summed E-state index contributed by atoms with van der Waals surface area (Å²) in [5.74, 6) is 0.782.